The molecule has 1 N–H and O–H groups in total. The summed E-state index contributed by atoms with van der Waals surface area (Å²) in [4.78, 5) is 29.1. The molecule has 3 rings (SSSR count). The third kappa shape index (κ3) is 5.79. The Balaban J connectivity index is 1.53. The number of likely N-dealkylation sites (N-methyl/N-ethyl adjacent to an activating group) is 1. The van der Waals surface area contributed by atoms with E-state index >= 15 is 0 Å². The van der Waals surface area contributed by atoms with E-state index in [9.17, 15) is 9.59 Å². The second kappa shape index (κ2) is 11.0. The van der Waals surface area contributed by atoms with Crippen LogP contribution >= 0.6 is 0 Å². The van der Waals surface area contributed by atoms with Gasteiger partial charge in [0, 0.05) is 26.1 Å². The van der Waals surface area contributed by atoms with E-state index in [4.69, 9.17) is 9.47 Å². The molecular weight excluding hydrogens is 406 g/mol. The zero-order valence-corrected chi connectivity index (χ0v) is 19.3. The minimum atomic E-state index is -0.313. The van der Waals surface area contributed by atoms with Crippen molar-refractivity contribution >= 4 is 11.8 Å². The molecule has 0 spiro atoms. The van der Waals surface area contributed by atoms with E-state index in [-0.39, 0.29) is 30.2 Å². The van der Waals surface area contributed by atoms with E-state index in [1.54, 1.807) is 19.1 Å². The van der Waals surface area contributed by atoms with E-state index < -0.39 is 0 Å². The minimum Gasteiger partial charge on any atom is -0.493 e. The molecule has 1 saturated heterocycles. The van der Waals surface area contributed by atoms with Crippen LogP contribution < -0.4 is 14.8 Å². The molecular formula is C25H33N3O4. The lowest BCUT2D eigenvalue weighted by Gasteiger charge is -2.25. The molecule has 32 heavy (non-hydrogen) atoms. The molecule has 2 aromatic carbocycles. The fraction of sp³-hybridized carbons (Fsp3) is 0.440. The minimum absolute atomic E-state index is 0.0258. The zero-order chi connectivity index (χ0) is 23.1. The van der Waals surface area contributed by atoms with Crippen LogP contribution in [0.25, 0.3) is 0 Å². The number of amides is 2. The smallest absolute Gasteiger partial charge is 0.225 e. The molecule has 7 heteroatoms. The summed E-state index contributed by atoms with van der Waals surface area (Å²) in [5.41, 5.74) is 2.21. The van der Waals surface area contributed by atoms with Gasteiger partial charge in [0.15, 0.2) is 11.5 Å². The van der Waals surface area contributed by atoms with Crippen molar-refractivity contribution in [2.75, 3.05) is 47.9 Å². The van der Waals surface area contributed by atoms with Crippen molar-refractivity contribution in [2.24, 2.45) is 5.92 Å². The highest BCUT2D eigenvalue weighted by Crippen LogP contribution is 2.28. The Kier molecular flexibility index (Phi) is 8.11. The van der Waals surface area contributed by atoms with Crippen molar-refractivity contribution in [1.29, 1.82) is 0 Å². The molecule has 2 atom stereocenters. The summed E-state index contributed by atoms with van der Waals surface area (Å²) in [6.45, 7) is 1.53. The molecule has 2 amide bonds. The molecule has 0 radical (unpaired) electrons. The van der Waals surface area contributed by atoms with Gasteiger partial charge >= 0.3 is 0 Å². The Morgan fingerprint density at radius 2 is 1.84 bits per heavy atom. The first-order valence-electron chi connectivity index (χ1n) is 10.9. The fourth-order valence-electron chi connectivity index (χ4n) is 4.08. The van der Waals surface area contributed by atoms with Crippen LogP contribution in [-0.4, -0.2) is 69.6 Å². The van der Waals surface area contributed by atoms with Crippen molar-refractivity contribution < 1.29 is 19.1 Å². The predicted octanol–water partition coefficient (Wildman–Crippen LogP) is 2.51. The van der Waals surface area contributed by atoms with Crippen LogP contribution in [-0.2, 0) is 16.0 Å². The number of carbonyl (C=O) groups excluding carboxylic acids is 2. The molecule has 0 saturated carbocycles. The SMILES string of the molecule is COc1ccc(CCN2C[C@H](C(=O)NC[C@H](c3ccccc3)N(C)C)CC2=O)cc1OC. The maximum Gasteiger partial charge on any atom is 0.225 e. The lowest BCUT2D eigenvalue weighted by Crippen LogP contribution is -2.38. The number of rotatable bonds is 10. The number of likely N-dealkylation sites (tertiary alicyclic amines) is 1. The zero-order valence-electron chi connectivity index (χ0n) is 19.3. The second-order valence-corrected chi connectivity index (χ2v) is 8.32. The van der Waals surface area contributed by atoms with E-state index in [0.29, 0.717) is 37.6 Å². The van der Waals surface area contributed by atoms with Gasteiger partial charge in [0.25, 0.3) is 0 Å². The maximum absolute atomic E-state index is 12.8. The molecule has 1 heterocycles. The standard InChI is InChI=1S/C25H33N3O4/c1-27(2)21(19-8-6-5-7-9-19)16-26-25(30)20-15-24(29)28(17-20)13-12-18-10-11-22(31-3)23(14-18)32-4/h5-11,14,20-21H,12-13,15-17H2,1-4H3,(H,26,30)/t20-,21-/m1/s1. The molecule has 1 aliphatic rings. The predicted molar refractivity (Wildman–Crippen MR) is 124 cm³/mol. The summed E-state index contributed by atoms with van der Waals surface area (Å²) < 4.78 is 10.6. The molecule has 1 fully saturated rings. The van der Waals surface area contributed by atoms with Gasteiger partial charge in [0.05, 0.1) is 26.2 Å². The summed E-state index contributed by atoms with van der Waals surface area (Å²) in [6.07, 6.45) is 0.951. The average Bonchev–Trinajstić information content (AvgIpc) is 3.18. The van der Waals surface area contributed by atoms with Gasteiger partial charge < -0.3 is 24.6 Å². The molecule has 7 nitrogen and oxygen atoms in total. The second-order valence-electron chi connectivity index (χ2n) is 8.32. The molecule has 0 aliphatic carbocycles. The number of carbonyl (C=O) groups is 2. The molecule has 0 bridgehead atoms. The summed E-state index contributed by atoms with van der Waals surface area (Å²) in [5.74, 6) is 1.000. The van der Waals surface area contributed by atoms with Gasteiger partial charge in [0.2, 0.25) is 11.8 Å². The van der Waals surface area contributed by atoms with Gasteiger partial charge in [0.1, 0.15) is 0 Å². The molecule has 172 valence electrons. The van der Waals surface area contributed by atoms with Crippen LogP contribution in [0.2, 0.25) is 0 Å². The first-order valence-corrected chi connectivity index (χ1v) is 10.9. The Morgan fingerprint density at radius 1 is 1.12 bits per heavy atom. The highest BCUT2D eigenvalue weighted by molar-refractivity contribution is 5.89. The quantitative estimate of drug-likeness (QED) is 0.616. The highest BCUT2D eigenvalue weighted by Gasteiger charge is 2.34. The van der Waals surface area contributed by atoms with Crippen molar-refractivity contribution in [1.82, 2.24) is 15.1 Å². The van der Waals surface area contributed by atoms with Crippen LogP contribution in [0.3, 0.4) is 0 Å². The van der Waals surface area contributed by atoms with Crippen LogP contribution in [0.1, 0.15) is 23.6 Å². The van der Waals surface area contributed by atoms with Gasteiger partial charge in [-0.3, -0.25) is 9.59 Å². The number of nitrogens with one attached hydrogen (secondary N) is 1. The van der Waals surface area contributed by atoms with Gasteiger partial charge in [-0.1, -0.05) is 36.4 Å². The summed E-state index contributed by atoms with van der Waals surface area (Å²) in [7, 11) is 7.21. The van der Waals surface area contributed by atoms with Gasteiger partial charge in [-0.25, -0.2) is 0 Å². The summed E-state index contributed by atoms with van der Waals surface area (Å²) >= 11 is 0. The summed E-state index contributed by atoms with van der Waals surface area (Å²) in [6, 6.07) is 15.9. The third-order valence-electron chi connectivity index (χ3n) is 5.98. The fourth-order valence-corrected chi connectivity index (χ4v) is 4.08. The first-order chi connectivity index (χ1) is 15.4. The van der Waals surface area contributed by atoms with Crippen molar-refractivity contribution in [3.05, 3.63) is 59.7 Å². The number of hydrogen-bond acceptors (Lipinski definition) is 5. The molecule has 2 aromatic rings. The monoisotopic (exact) mass is 439 g/mol. The number of ether oxygens (including phenoxy) is 2. The van der Waals surface area contributed by atoms with Crippen LogP contribution in [0.4, 0.5) is 0 Å². The Bertz CT molecular complexity index is 917. The summed E-state index contributed by atoms with van der Waals surface area (Å²) in [5, 5.41) is 3.06. The topological polar surface area (TPSA) is 71.1 Å². The van der Waals surface area contributed by atoms with E-state index in [1.165, 1.54) is 0 Å². The van der Waals surface area contributed by atoms with Gasteiger partial charge in [-0.2, -0.15) is 0 Å². The van der Waals surface area contributed by atoms with E-state index in [0.717, 1.165) is 11.1 Å². The average molecular weight is 440 g/mol. The van der Waals surface area contributed by atoms with Gasteiger partial charge in [-0.15, -0.1) is 0 Å². The number of benzene rings is 2. The third-order valence-corrected chi connectivity index (χ3v) is 5.98. The van der Waals surface area contributed by atoms with Crippen LogP contribution in [0.15, 0.2) is 48.5 Å². The van der Waals surface area contributed by atoms with Gasteiger partial charge in [-0.05, 0) is 43.8 Å². The Labute approximate surface area is 190 Å². The normalized spacial score (nSPS) is 16.8. The highest BCUT2D eigenvalue weighted by atomic mass is 16.5. The van der Waals surface area contributed by atoms with E-state index in [1.807, 2.05) is 50.5 Å². The number of nitrogens with zero attached hydrogens (tertiary/aromatic N) is 2. The molecule has 1 aliphatic heterocycles. The van der Waals surface area contributed by atoms with Crippen molar-refractivity contribution in [3.63, 3.8) is 0 Å². The van der Waals surface area contributed by atoms with Crippen LogP contribution in [0.5, 0.6) is 11.5 Å². The first kappa shape index (κ1) is 23.6. The lowest BCUT2D eigenvalue weighted by atomic mass is 10.0. The molecule has 0 aromatic heterocycles. The number of methoxy groups -OCH3 is 2. The Morgan fingerprint density at radius 3 is 2.50 bits per heavy atom. The van der Waals surface area contributed by atoms with Crippen LogP contribution in [0, 0.1) is 5.92 Å². The van der Waals surface area contributed by atoms with Crippen molar-refractivity contribution in [3.8, 4) is 11.5 Å². The lowest BCUT2D eigenvalue weighted by molar-refractivity contribution is -0.129. The maximum atomic E-state index is 12.8. The molecule has 0 unspecified atom stereocenters. The van der Waals surface area contributed by atoms with E-state index in [2.05, 4.69) is 22.3 Å². The Hall–Kier alpha value is -3.06. The number of hydrogen-bond donors (Lipinski definition) is 1. The van der Waals surface area contributed by atoms with Crippen molar-refractivity contribution in [2.45, 2.75) is 18.9 Å². The largest absolute Gasteiger partial charge is 0.493 e.